The molecule has 516 valence electrons. The van der Waals surface area contributed by atoms with Crippen molar-refractivity contribution in [2.75, 3.05) is 39.6 Å². The van der Waals surface area contributed by atoms with Gasteiger partial charge in [-0.2, -0.15) is 0 Å². The average molecular weight is 1280 g/mol. The second kappa shape index (κ2) is 60.3. The number of esters is 4. The topological polar surface area (TPSA) is 237 Å². The van der Waals surface area contributed by atoms with Gasteiger partial charge in [-0.05, 0) is 37.5 Å². The van der Waals surface area contributed by atoms with Crippen LogP contribution in [0.3, 0.4) is 0 Å². The SMILES string of the molecule is CCCCCCCCCCCCCCCC(=O)OC[C@H](COP(=O)(O)OC[C@@H](O)COP(=O)(O)OC[C@@H](COC(=O)CCCCCCCCCC(C)C)OC(=O)CCCCCCCCCCC(C)C)OC(=O)CCCCCCCCCCCCCCC. The molecule has 0 radical (unpaired) electrons. The summed E-state index contributed by atoms with van der Waals surface area (Å²) in [5, 5.41) is 10.6. The lowest BCUT2D eigenvalue weighted by Crippen LogP contribution is -2.30. The number of aliphatic hydroxyl groups excluding tert-OH is 1. The predicted molar refractivity (Wildman–Crippen MR) is 349 cm³/mol. The van der Waals surface area contributed by atoms with Gasteiger partial charge in [0.1, 0.15) is 19.3 Å². The summed E-state index contributed by atoms with van der Waals surface area (Å²) in [5.41, 5.74) is 0. The molecule has 2 unspecified atom stereocenters. The van der Waals surface area contributed by atoms with Crippen LogP contribution in [-0.4, -0.2) is 96.7 Å². The third-order valence-electron chi connectivity index (χ3n) is 15.7. The Balaban J connectivity index is 5.25. The summed E-state index contributed by atoms with van der Waals surface area (Å²) in [6.07, 6.45) is 44.4. The summed E-state index contributed by atoms with van der Waals surface area (Å²) in [4.78, 5) is 72.4. The monoisotopic (exact) mass is 1280 g/mol. The highest BCUT2D eigenvalue weighted by molar-refractivity contribution is 7.47. The Hall–Kier alpha value is -1.94. The van der Waals surface area contributed by atoms with Crippen molar-refractivity contribution < 1.29 is 80.2 Å². The van der Waals surface area contributed by atoms with Gasteiger partial charge in [0.25, 0.3) is 0 Å². The second-order valence-corrected chi connectivity index (χ2v) is 28.4. The molecule has 19 heteroatoms. The molecule has 0 aromatic rings. The van der Waals surface area contributed by atoms with Crippen LogP contribution in [0, 0.1) is 11.8 Å². The van der Waals surface area contributed by atoms with Crippen molar-refractivity contribution in [3.8, 4) is 0 Å². The molecule has 0 saturated carbocycles. The predicted octanol–water partition coefficient (Wildman–Crippen LogP) is 19.2. The van der Waals surface area contributed by atoms with Gasteiger partial charge in [-0.25, -0.2) is 9.13 Å². The quantitative estimate of drug-likeness (QED) is 0.0222. The first-order valence-corrected chi connectivity index (χ1v) is 38.5. The van der Waals surface area contributed by atoms with Crippen LogP contribution in [0.2, 0.25) is 0 Å². The number of hydrogen-bond donors (Lipinski definition) is 3. The van der Waals surface area contributed by atoms with Gasteiger partial charge in [-0.1, -0.05) is 292 Å². The van der Waals surface area contributed by atoms with E-state index in [4.69, 9.17) is 37.0 Å². The summed E-state index contributed by atoms with van der Waals surface area (Å²) in [6, 6.07) is 0. The molecule has 0 spiro atoms. The molecule has 87 heavy (non-hydrogen) atoms. The number of phosphoric acid groups is 2. The van der Waals surface area contributed by atoms with E-state index in [-0.39, 0.29) is 25.7 Å². The number of ether oxygens (including phenoxy) is 4. The van der Waals surface area contributed by atoms with Crippen LogP contribution in [0.5, 0.6) is 0 Å². The molecule has 0 heterocycles. The Labute approximate surface area is 530 Å². The lowest BCUT2D eigenvalue weighted by atomic mass is 10.0. The van der Waals surface area contributed by atoms with Crippen LogP contribution in [-0.2, 0) is 65.4 Å². The van der Waals surface area contributed by atoms with Gasteiger partial charge < -0.3 is 33.8 Å². The zero-order chi connectivity index (χ0) is 64.3. The molecule has 0 aliphatic carbocycles. The summed E-state index contributed by atoms with van der Waals surface area (Å²) >= 11 is 0. The van der Waals surface area contributed by atoms with E-state index in [9.17, 15) is 43.2 Å². The molecule has 5 atom stereocenters. The zero-order valence-electron chi connectivity index (χ0n) is 56.3. The lowest BCUT2D eigenvalue weighted by molar-refractivity contribution is -0.161. The van der Waals surface area contributed by atoms with Crippen molar-refractivity contribution in [2.24, 2.45) is 11.8 Å². The summed E-state index contributed by atoms with van der Waals surface area (Å²) in [6.45, 7) is 9.44. The molecule has 0 aromatic heterocycles. The third kappa shape index (κ3) is 62.6. The summed E-state index contributed by atoms with van der Waals surface area (Å²) in [5.74, 6) is -0.704. The van der Waals surface area contributed by atoms with E-state index >= 15 is 0 Å². The molecule has 0 aromatic carbocycles. The Kier molecular flexibility index (Phi) is 59.0. The Bertz CT molecular complexity index is 1700. The number of carbonyl (C=O) groups excluding carboxylic acids is 4. The Morgan fingerprint density at radius 2 is 0.529 bits per heavy atom. The number of carbonyl (C=O) groups is 4. The summed E-state index contributed by atoms with van der Waals surface area (Å²) in [7, 11) is -9.89. The molecule has 0 rings (SSSR count). The van der Waals surface area contributed by atoms with Crippen molar-refractivity contribution in [1.82, 2.24) is 0 Å². The van der Waals surface area contributed by atoms with Gasteiger partial charge >= 0.3 is 39.5 Å². The number of aliphatic hydroxyl groups is 1. The third-order valence-corrected chi connectivity index (χ3v) is 17.6. The van der Waals surface area contributed by atoms with Crippen LogP contribution in [0.1, 0.15) is 343 Å². The maximum absolute atomic E-state index is 13.0. The standard InChI is InChI=1S/C68H132O17P2/c1-7-9-11-13-15-17-19-21-23-25-32-38-44-50-65(70)78-56-63(84-67(72)52-46-40-33-26-24-22-20-18-16-14-12-10-8-2)58-82-86(74,75)80-54-62(69)55-81-87(76,77)83-59-64(57-79-66(71)51-45-39-35-29-31-37-43-49-61(5)6)85-68(73)53-47-41-34-28-27-30-36-42-48-60(3)4/h60-64,69H,7-59H2,1-6H3,(H,74,75)(H,76,77)/t62-,63-,64-/m1/s1. The molecule has 0 bridgehead atoms. The smallest absolute Gasteiger partial charge is 0.462 e. The van der Waals surface area contributed by atoms with E-state index in [2.05, 4.69) is 41.5 Å². The molecule has 0 saturated heterocycles. The normalized spacial score (nSPS) is 14.2. The lowest BCUT2D eigenvalue weighted by Gasteiger charge is -2.21. The van der Waals surface area contributed by atoms with Crippen LogP contribution in [0.15, 0.2) is 0 Å². The first kappa shape index (κ1) is 85.1. The second-order valence-electron chi connectivity index (χ2n) is 25.5. The van der Waals surface area contributed by atoms with E-state index in [1.165, 1.54) is 154 Å². The highest BCUT2D eigenvalue weighted by atomic mass is 31.2. The van der Waals surface area contributed by atoms with Gasteiger partial charge in [0.05, 0.1) is 26.4 Å². The fourth-order valence-electron chi connectivity index (χ4n) is 10.2. The molecule has 0 amide bonds. The van der Waals surface area contributed by atoms with Crippen LogP contribution < -0.4 is 0 Å². The number of unbranched alkanes of at least 4 members (excludes halogenated alkanes) is 37. The average Bonchev–Trinajstić information content (AvgIpc) is 3.67. The van der Waals surface area contributed by atoms with Crippen molar-refractivity contribution in [3.05, 3.63) is 0 Å². The molecular weight excluding hydrogens is 1150 g/mol. The van der Waals surface area contributed by atoms with Crippen LogP contribution in [0.4, 0.5) is 0 Å². The van der Waals surface area contributed by atoms with E-state index in [0.29, 0.717) is 31.6 Å². The minimum Gasteiger partial charge on any atom is -0.462 e. The van der Waals surface area contributed by atoms with Crippen molar-refractivity contribution in [2.45, 2.75) is 362 Å². The summed E-state index contributed by atoms with van der Waals surface area (Å²) < 4.78 is 68.2. The van der Waals surface area contributed by atoms with Crippen LogP contribution >= 0.6 is 15.6 Å². The van der Waals surface area contributed by atoms with E-state index in [0.717, 1.165) is 102 Å². The molecule has 0 aliphatic heterocycles. The van der Waals surface area contributed by atoms with E-state index in [1.807, 2.05) is 0 Å². The maximum Gasteiger partial charge on any atom is 0.472 e. The fourth-order valence-corrected chi connectivity index (χ4v) is 11.8. The number of rotatable bonds is 67. The van der Waals surface area contributed by atoms with Crippen molar-refractivity contribution in [1.29, 1.82) is 0 Å². The van der Waals surface area contributed by atoms with Crippen molar-refractivity contribution >= 4 is 39.5 Å². The van der Waals surface area contributed by atoms with Gasteiger partial charge in [-0.15, -0.1) is 0 Å². The largest absolute Gasteiger partial charge is 0.472 e. The van der Waals surface area contributed by atoms with E-state index < -0.39 is 97.5 Å². The first-order chi connectivity index (χ1) is 41.9. The Morgan fingerprint density at radius 1 is 0.310 bits per heavy atom. The maximum atomic E-state index is 13.0. The van der Waals surface area contributed by atoms with Gasteiger partial charge in [0.15, 0.2) is 12.2 Å². The molecule has 0 fully saturated rings. The first-order valence-electron chi connectivity index (χ1n) is 35.5. The molecular formula is C68H132O17P2. The minimum atomic E-state index is -4.95. The van der Waals surface area contributed by atoms with Crippen LogP contribution in [0.25, 0.3) is 0 Å². The number of hydrogen-bond acceptors (Lipinski definition) is 15. The highest BCUT2D eigenvalue weighted by Crippen LogP contribution is 2.45. The van der Waals surface area contributed by atoms with Gasteiger partial charge in [0, 0.05) is 25.7 Å². The fraction of sp³-hybridized carbons (Fsp3) is 0.941. The molecule has 0 aliphatic rings. The van der Waals surface area contributed by atoms with Crippen molar-refractivity contribution in [3.63, 3.8) is 0 Å². The number of phosphoric ester groups is 2. The van der Waals surface area contributed by atoms with Gasteiger partial charge in [0.2, 0.25) is 0 Å². The minimum absolute atomic E-state index is 0.104. The van der Waals surface area contributed by atoms with E-state index in [1.54, 1.807) is 0 Å². The molecule has 17 nitrogen and oxygen atoms in total. The Morgan fingerprint density at radius 3 is 0.782 bits per heavy atom. The highest BCUT2D eigenvalue weighted by Gasteiger charge is 2.30. The van der Waals surface area contributed by atoms with Gasteiger partial charge in [-0.3, -0.25) is 37.3 Å². The zero-order valence-corrected chi connectivity index (χ0v) is 58.1. The molecule has 3 N–H and O–H groups in total.